The van der Waals surface area contributed by atoms with Crippen molar-refractivity contribution in [3.8, 4) is 0 Å². The maximum atomic E-state index is 5.33. The molecule has 0 spiro atoms. The Morgan fingerprint density at radius 1 is 1.17 bits per heavy atom. The number of nitrogens with one attached hydrogen (secondary N) is 1. The summed E-state index contributed by atoms with van der Waals surface area (Å²) in [6.07, 6.45) is 1.10. The summed E-state index contributed by atoms with van der Waals surface area (Å²) in [6, 6.07) is 1.30. The lowest BCUT2D eigenvalue weighted by molar-refractivity contribution is -0.142. The van der Waals surface area contributed by atoms with E-state index in [1.807, 2.05) is 13.8 Å². The minimum Gasteiger partial charge on any atom is -0.341 e. The van der Waals surface area contributed by atoms with Crippen molar-refractivity contribution in [1.29, 1.82) is 0 Å². The molecule has 0 aromatic heterocycles. The van der Waals surface area contributed by atoms with Crippen molar-refractivity contribution in [2.75, 3.05) is 13.2 Å². The van der Waals surface area contributed by atoms with E-state index >= 15 is 0 Å². The van der Waals surface area contributed by atoms with E-state index in [1.54, 1.807) is 0 Å². The maximum Gasteiger partial charge on any atom is 0.209 e. The monoisotopic (exact) mass is 191 g/mol. The Morgan fingerprint density at radius 3 is 2.17 bits per heavy atom. The molecule has 0 heterocycles. The highest BCUT2D eigenvalue weighted by Crippen LogP contribution is 1.91. The molecule has 3 nitrogen and oxygen atoms in total. The first-order chi connectivity index (χ1) is 5.85. The quantitative estimate of drug-likeness (QED) is 0.350. The molecule has 0 aromatic rings. The third-order valence-corrected chi connectivity index (χ3v) is 3.16. The minimum absolute atomic E-state index is 0.154. The first-order valence-corrected chi connectivity index (χ1v) is 6.52. The number of ether oxygens (including phenoxy) is 2. The molecule has 0 unspecified atom stereocenters. The van der Waals surface area contributed by atoms with Gasteiger partial charge in [0.1, 0.15) is 0 Å². The molecular formula is C8H21NO2Si. The normalized spacial score (nSPS) is 12.0. The molecule has 0 aromatic carbocycles. The standard InChI is InChI=1S/C8H21NO2Si/c1-4-7-12-9-8(10-5-2)11-6-3/h8-9H,4-7,12H2,1-3H3. The second-order valence-electron chi connectivity index (χ2n) is 2.55. The second-order valence-corrected chi connectivity index (χ2v) is 4.17. The Balaban J connectivity index is 3.34. The Kier molecular flexibility index (Phi) is 9.26. The van der Waals surface area contributed by atoms with E-state index in [1.165, 1.54) is 12.5 Å². The Morgan fingerprint density at radius 2 is 1.75 bits per heavy atom. The highest BCUT2D eigenvalue weighted by molar-refractivity contribution is 6.32. The van der Waals surface area contributed by atoms with Gasteiger partial charge >= 0.3 is 0 Å². The Hall–Kier alpha value is 0.0969. The minimum atomic E-state index is -0.177. The number of hydrogen-bond acceptors (Lipinski definition) is 3. The van der Waals surface area contributed by atoms with Gasteiger partial charge in [0, 0.05) is 13.2 Å². The van der Waals surface area contributed by atoms with E-state index in [0.717, 1.165) is 0 Å². The van der Waals surface area contributed by atoms with E-state index in [-0.39, 0.29) is 16.1 Å². The second kappa shape index (κ2) is 9.19. The lowest BCUT2D eigenvalue weighted by Crippen LogP contribution is -2.37. The number of hydrogen-bond donors (Lipinski definition) is 1. The zero-order valence-electron chi connectivity index (χ0n) is 8.43. The van der Waals surface area contributed by atoms with Crippen molar-refractivity contribution in [2.45, 2.75) is 39.7 Å². The molecule has 0 aliphatic heterocycles. The maximum absolute atomic E-state index is 5.33. The predicted octanol–water partition coefficient (Wildman–Crippen LogP) is 0.845. The lowest BCUT2D eigenvalue weighted by atomic mass is 10.6. The van der Waals surface area contributed by atoms with Gasteiger partial charge < -0.3 is 9.47 Å². The highest BCUT2D eigenvalue weighted by atomic mass is 28.2. The summed E-state index contributed by atoms with van der Waals surface area (Å²) in [5.41, 5.74) is 0. The van der Waals surface area contributed by atoms with Gasteiger partial charge in [-0.3, -0.25) is 4.98 Å². The smallest absolute Gasteiger partial charge is 0.209 e. The first kappa shape index (κ1) is 12.1. The van der Waals surface area contributed by atoms with Crippen molar-refractivity contribution in [1.82, 2.24) is 4.98 Å². The van der Waals surface area contributed by atoms with E-state index in [4.69, 9.17) is 9.47 Å². The van der Waals surface area contributed by atoms with Crippen LogP contribution in [0.5, 0.6) is 0 Å². The fourth-order valence-electron chi connectivity index (χ4n) is 0.865. The van der Waals surface area contributed by atoms with Crippen molar-refractivity contribution >= 4 is 9.68 Å². The van der Waals surface area contributed by atoms with Gasteiger partial charge in [-0.1, -0.05) is 19.4 Å². The summed E-state index contributed by atoms with van der Waals surface area (Å²) in [4.78, 5) is 3.32. The van der Waals surface area contributed by atoms with Crippen LogP contribution < -0.4 is 4.98 Å². The van der Waals surface area contributed by atoms with Crippen LogP contribution in [0.15, 0.2) is 0 Å². The summed E-state index contributed by atoms with van der Waals surface area (Å²) in [5, 5.41) is 0. The molecule has 0 atom stereocenters. The van der Waals surface area contributed by atoms with Gasteiger partial charge in [-0.2, -0.15) is 0 Å². The van der Waals surface area contributed by atoms with Crippen LogP contribution in [-0.4, -0.2) is 29.3 Å². The molecule has 0 aliphatic rings. The van der Waals surface area contributed by atoms with Crippen LogP contribution in [0, 0.1) is 0 Å². The third kappa shape index (κ3) is 6.79. The largest absolute Gasteiger partial charge is 0.341 e. The molecule has 0 radical (unpaired) electrons. The molecule has 0 aliphatic carbocycles. The van der Waals surface area contributed by atoms with Crippen LogP contribution in [0.4, 0.5) is 0 Å². The van der Waals surface area contributed by atoms with Crippen LogP contribution >= 0.6 is 0 Å². The fourth-order valence-corrected chi connectivity index (χ4v) is 1.89. The third-order valence-electron chi connectivity index (χ3n) is 1.48. The molecular weight excluding hydrogens is 170 g/mol. The lowest BCUT2D eigenvalue weighted by Gasteiger charge is -2.17. The van der Waals surface area contributed by atoms with Gasteiger partial charge in [-0.15, -0.1) is 0 Å². The van der Waals surface area contributed by atoms with E-state index in [2.05, 4.69) is 11.9 Å². The zero-order valence-corrected chi connectivity index (χ0v) is 9.84. The average molecular weight is 191 g/mol. The summed E-state index contributed by atoms with van der Waals surface area (Å²) >= 11 is 0. The SMILES string of the molecule is CCC[SiH2]NC(OCC)OCC. The van der Waals surface area contributed by atoms with Crippen molar-refractivity contribution in [3.63, 3.8) is 0 Å². The van der Waals surface area contributed by atoms with Gasteiger partial charge in [-0.25, -0.2) is 0 Å². The van der Waals surface area contributed by atoms with Crippen molar-refractivity contribution < 1.29 is 9.47 Å². The molecule has 12 heavy (non-hydrogen) atoms. The molecule has 1 N–H and O–H groups in total. The Bertz CT molecular complexity index is 87.1. The molecule has 74 valence electrons. The zero-order chi connectivity index (χ0) is 9.23. The van der Waals surface area contributed by atoms with Crippen LogP contribution in [0.1, 0.15) is 27.2 Å². The average Bonchev–Trinajstić information content (AvgIpc) is 2.06. The summed E-state index contributed by atoms with van der Waals surface area (Å²) in [5.74, 6) is 0. The van der Waals surface area contributed by atoms with E-state index in [9.17, 15) is 0 Å². The van der Waals surface area contributed by atoms with Gasteiger partial charge in [0.25, 0.3) is 0 Å². The summed E-state index contributed by atoms with van der Waals surface area (Å²) < 4.78 is 10.7. The summed E-state index contributed by atoms with van der Waals surface area (Å²) in [6.45, 7) is 7.57. The molecule has 0 amide bonds. The summed E-state index contributed by atoms with van der Waals surface area (Å²) in [7, 11) is -0.177. The fraction of sp³-hybridized carbons (Fsp3) is 1.00. The van der Waals surface area contributed by atoms with Crippen LogP contribution in [0.3, 0.4) is 0 Å². The first-order valence-electron chi connectivity index (χ1n) is 4.81. The van der Waals surface area contributed by atoms with E-state index < -0.39 is 0 Å². The molecule has 4 heteroatoms. The van der Waals surface area contributed by atoms with Crippen molar-refractivity contribution in [3.05, 3.63) is 0 Å². The molecule has 0 rings (SSSR count). The topological polar surface area (TPSA) is 30.5 Å². The van der Waals surface area contributed by atoms with Crippen LogP contribution in [0.25, 0.3) is 0 Å². The van der Waals surface area contributed by atoms with Gasteiger partial charge in [0.05, 0.1) is 9.68 Å². The van der Waals surface area contributed by atoms with E-state index in [0.29, 0.717) is 13.2 Å². The van der Waals surface area contributed by atoms with Gasteiger partial charge in [0.15, 0.2) is 0 Å². The number of rotatable bonds is 8. The van der Waals surface area contributed by atoms with Gasteiger partial charge in [0.2, 0.25) is 6.41 Å². The van der Waals surface area contributed by atoms with Gasteiger partial charge in [-0.05, 0) is 13.8 Å². The Labute approximate surface area is 77.7 Å². The van der Waals surface area contributed by atoms with Crippen LogP contribution in [0.2, 0.25) is 6.04 Å². The van der Waals surface area contributed by atoms with Crippen molar-refractivity contribution in [2.24, 2.45) is 0 Å². The van der Waals surface area contributed by atoms with Crippen LogP contribution in [-0.2, 0) is 9.47 Å². The predicted molar refractivity (Wildman–Crippen MR) is 53.8 cm³/mol. The molecule has 0 fully saturated rings. The molecule has 0 saturated carbocycles. The molecule has 0 bridgehead atoms. The molecule has 0 saturated heterocycles. The highest BCUT2D eigenvalue weighted by Gasteiger charge is 2.04.